The SMILES string of the molecule is COc1ccc(Br)cc1/C=C/C(=O)N1CCc2sccc2C1. The van der Waals surface area contributed by atoms with E-state index in [0.29, 0.717) is 6.54 Å². The molecule has 22 heavy (non-hydrogen) atoms. The van der Waals surface area contributed by atoms with Crippen molar-refractivity contribution >= 4 is 39.2 Å². The highest BCUT2D eigenvalue weighted by atomic mass is 79.9. The van der Waals surface area contributed by atoms with Crippen molar-refractivity contribution in [3.63, 3.8) is 0 Å². The Morgan fingerprint density at radius 2 is 2.27 bits per heavy atom. The number of rotatable bonds is 3. The molecule has 3 rings (SSSR count). The summed E-state index contributed by atoms with van der Waals surface area (Å²) in [5.74, 6) is 0.796. The van der Waals surface area contributed by atoms with Gasteiger partial charge in [-0.15, -0.1) is 11.3 Å². The molecule has 5 heteroatoms. The predicted octanol–water partition coefficient (Wildman–Crippen LogP) is 4.12. The number of hydrogen-bond donors (Lipinski definition) is 0. The highest BCUT2D eigenvalue weighted by Gasteiger charge is 2.19. The normalized spacial score (nSPS) is 14.2. The van der Waals surface area contributed by atoms with E-state index < -0.39 is 0 Å². The molecule has 0 saturated heterocycles. The van der Waals surface area contributed by atoms with E-state index in [2.05, 4.69) is 27.4 Å². The molecule has 114 valence electrons. The second-order valence-electron chi connectivity index (χ2n) is 5.10. The minimum absolute atomic E-state index is 0.0406. The summed E-state index contributed by atoms with van der Waals surface area (Å²) in [6, 6.07) is 7.85. The number of carbonyl (C=O) groups is 1. The van der Waals surface area contributed by atoms with E-state index in [-0.39, 0.29) is 5.91 Å². The molecule has 0 radical (unpaired) electrons. The van der Waals surface area contributed by atoms with Crippen molar-refractivity contribution in [3.8, 4) is 5.75 Å². The van der Waals surface area contributed by atoms with Crippen molar-refractivity contribution in [3.05, 3.63) is 56.2 Å². The molecule has 1 aromatic heterocycles. The Morgan fingerprint density at radius 1 is 1.41 bits per heavy atom. The summed E-state index contributed by atoms with van der Waals surface area (Å²) < 4.78 is 6.28. The van der Waals surface area contributed by atoms with Gasteiger partial charge in [0.1, 0.15) is 5.75 Å². The lowest BCUT2D eigenvalue weighted by molar-refractivity contribution is -0.126. The summed E-state index contributed by atoms with van der Waals surface area (Å²) in [6.45, 7) is 1.49. The van der Waals surface area contributed by atoms with Crippen molar-refractivity contribution in [1.82, 2.24) is 4.90 Å². The van der Waals surface area contributed by atoms with E-state index in [4.69, 9.17) is 4.74 Å². The third kappa shape index (κ3) is 3.25. The molecule has 1 amide bonds. The van der Waals surface area contributed by atoms with Crippen LogP contribution in [0.2, 0.25) is 0 Å². The molecule has 0 bridgehead atoms. The van der Waals surface area contributed by atoms with Crippen LogP contribution in [0.4, 0.5) is 0 Å². The van der Waals surface area contributed by atoms with Gasteiger partial charge < -0.3 is 9.64 Å². The first-order chi connectivity index (χ1) is 10.7. The Kier molecular flexibility index (Phi) is 4.64. The average Bonchev–Trinajstić information content (AvgIpc) is 3.00. The van der Waals surface area contributed by atoms with Crippen LogP contribution in [-0.2, 0) is 17.8 Å². The van der Waals surface area contributed by atoms with Gasteiger partial charge in [0.15, 0.2) is 0 Å². The van der Waals surface area contributed by atoms with Crippen LogP contribution in [0.25, 0.3) is 6.08 Å². The predicted molar refractivity (Wildman–Crippen MR) is 93.2 cm³/mol. The van der Waals surface area contributed by atoms with E-state index in [0.717, 1.165) is 28.8 Å². The number of fused-ring (bicyclic) bond motifs is 1. The van der Waals surface area contributed by atoms with Gasteiger partial charge in [0.2, 0.25) is 5.91 Å². The summed E-state index contributed by atoms with van der Waals surface area (Å²) in [6.07, 6.45) is 4.39. The molecule has 1 aliphatic rings. The van der Waals surface area contributed by atoms with Gasteiger partial charge >= 0.3 is 0 Å². The maximum Gasteiger partial charge on any atom is 0.246 e. The van der Waals surface area contributed by atoms with Crippen molar-refractivity contribution in [2.45, 2.75) is 13.0 Å². The van der Waals surface area contributed by atoms with Crippen molar-refractivity contribution in [1.29, 1.82) is 0 Å². The van der Waals surface area contributed by atoms with Crippen LogP contribution >= 0.6 is 27.3 Å². The molecule has 0 atom stereocenters. The number of thiophene rings is 1. The number of nitrogens with zero attached hydrogens (tertiary/aromatic N) is 1. The lowest BCUT2D eigenvalue weighted by atomic mass is 10.1. The fourth-order valence-electron chi connectivity index (χ4n) is 2.54. The Balaban J connectivity index is 1.73. The first-order valence-corrected chi connectivity index (χ1v) is 8.70. The molecule has 3 nitrogen and oxygen atoms in total. The lowest BCUT2D eigenvalue weighted by Gasteiger charge is -2.25. The average molecular weight is 378 g/mol. The molecule has 0 saturated carbocycles. The maximum atomic E-state index is 12.4. The number of halogens is 1. The highest BCUT2D eigenvalue weighted by molar-refractivity contribution is 9.10. The van der Waals surface area contributed by atoms with Gasteiger partial charge in [0.05, 0.1) is 7.11 Å². The monoisotopic (exact) mass is 377 g/mol. The van der Waals surface area contributed by atoms with E-state index in [1.165, 1.54) is 10.4 Å². The van der Waals surface area contributed by atoms with Crippen LogP contribution < -0.4 is 4.74 Å². The summed E-state index contributed by atoms with van der Waals surface area (Å²) in [5.41, 5.74) is 2.16. The number of hydrogen-bond acceptors (Lipinski definition) is 3. The zero-order valence-electron chi connectivity index (χ0n) is 12.2. The van der Waals surface area contributed by atoms with Gasteiger partial charge in [0.25, 0.3) is 0 Å². The lowest BCUT2D eigenvalue weighted by Crippen LogP contribution is -2.34. The zero-order valence-corrected chi connectivity index (χ0v) is 14.6. The molecular formula is C17H16BrNO2S. The Morgan fingerprint density at radius 3 is 3.09 bits per heavy atom. The Bertz CT molecular complexity index is 723. The summed E-state index contributed by atoms with van der Waals surface area (Å²) in [7, 11) is 1.63. The van der Waals surface area contributed by atoms with Crippen molar-refractivity contribution in [2.24, 2.45) is 0 Å². The molecule has 0 N–H and O–H groups in total. The van der Waals surface area contributed by atoms with Crippen LogP contribution in [-0.4, -0.2) is 24.5 Å². The van der Waals surface area contributed by atoms with Gasteiger partial charge in [-0.25, -0.2) is 0 Å². The van der Waals surface area contributed by atoms with Crippen LogP contribution in [0.3, 0.4) is 0 Å². The number of amides is 1. The minimum Gasteiger partial charge on any atom is -0.496 e. The van der Waals surface area contributed by atoms with E-state index in [1.54, 1.807) is 24.5 Å². The fourth-order valence-corrected chi connectivity index (χ4v) is 3.81. The second-order valence-corrected chi connectivity index (χ2v) is 7.01. The molecule has 1 aromatic carbocycles. The molecule has 0 fully saturated rings. The quantitative estimate of drug-likeness (QED) is 0.752. The largest absolute Gasteiger partial charge is 0.496 e. The van der Waals surface area contributed by atoms with E-state index in [1.807, 2.05) is 29.2 Å². The van der Waals surface area contributed by atoms with Crippen LogP contribution in [0.5, 0.6) is 5.75 Å². The molecule has 0 spiro atoms. The summed E-state index contributed by atoms with van der Waals surface area (Å²) in [4.78, 5) is 15.7. The smallest absolute Gasteiger partial charge is 0.246 e. The minimum atomic E-state index is 0.0406. The van der Waals surface area contributed by atoms with Gasteiger partial charge in [-0.2, -0.15) is 0 Å². The highest BCUT2D eigenvalue weighted by Crippen LogP contribution is 2.26. The van der Waals surface area contributed by atoms with Crippen molar-refractivity contribution in [2.75, 3.05) is 13.7 Å². The Hall–Kier alpha value is -1.59. The van der Waals surface area contributed by atoms with Gasteiger partial charge in [0, 0.05) is 34.1 Å². The molecule has 0 aliphatic carbocycles. The van der Waals surface area contributed by atoms with E-state index in [9.17, 15) is 4.79 Å². The van der Waals surface area contributed by atoms with Crippen LogP contribution in [0, 0.1) is 0 Å². The van der Waals surface area contributed by atoms with Gasteiger partial charge in [-0.05, 0) is 47.7 Å². The Labute approximate surface area is 142 Å². The summed E-state index contributed by atoms with van der Waals surface area (Å²) in [5, 5.41) is 2.10. The number of carbonyl (C=O) groups excluding carboxylic acids is 1. The number of ether oxygens (including phenoxy) is 1. The third-order valence-electron chi connectivity index (χ3n) is 3.72. The van der Waals surface area contributed by atoms with Crippen LogP contribution in [0.1, 0.15) is 16.0 Å². The molecule has 2 aromatic rings. The first kappa shape index (κ1) is 15.3. The number of methoxy groups -OCH3 is 1. The standard InChI is InChI=1S/C17H16BrNO2S/c1-21-15-4-3-14(18)10-12(15)2-5-17(20)19-8-6-16-13(11-19)7-9-22-16/h2-5,7,9-10H,6,8,11H2,1H3/b5-2+. The molecule has 2 heterocycles. The summed E-state index contributed by atoms with van der Waals surface area (Å²) >= 11 is 5.22. The van der Waals surface area contributed by atoms with Crippen molar-refractivity contribution < 1.29 is 9.53 Å². The van der Waals surface area contributed by atoms with Gasteiger partial charge in [-0.1, -0.05) is 15.9 Å². The molecule has 0 unspecified atom stereocenters. The second kappa shape index (κ2) is 6.67. The third-order valence-corrected chi connectivity index (χ3v) is 5.23. The van der Waals surface area contributed by atoms with Gasteiger partial charge in [-0.3, -0.25) is 4.79 Å². The fraction of sp³-hybridized carbons (Fsp3) is 0.235. The number of benzene rings is 1. The topological polar surface area (TPSA) is 29.5 Å². The maximum absolute atomic E-state index is 12.4. The zero-order chi connectivity index (χ0) is 15.5. The first-order valence-electron chi connectivity index (χ1n) is 7.03. The van der Waals surface area contributed by atoms with Crippen LogP contribution in [0.15, 0.2) is 40.2 Å². The molecule has 1 aliphatic heterocycles. The van der Waals surface area contributed by atoms with E-state index >= 15 is 0 Å². The molecular weight excluding hydrogens is 362 g/mol.